The van der Waals surface area contributed by atoms with Crippen LogP contribution in [-0.4, -0.2) is 48.8 Å². The summed E-state index contributed by atoms with van der Waals surface area (Å²) in [5.41, 5.74) is -0.796. The molecule has 1 aliphatic heterocycles. The highest BCUT2D eigenvalue weighted by Crippen LogP contribution is 2.24. The summed E-state index contributed by atoms with van der Waals surface area (Å²) in [5, 5.41) is 0. The standard InChI is InChI=1S/C15H17F5N2O/c16-11-10(12(17)14(19)15(20)13(11)18)9-22-6-4-21(5-7-22)3-1-2-8-23/h8H,1-7,9H2. The molecule has 1 aliphatic rings. The summed E-state index contributed by atoms with van der Waals surface area (Å²) < 4.78 is 66.7. The van der Waals surface area contributed by atoms with Gasteiger partial charge in [-0.3, -0.25) is 4.90 Å². The lowest BCUT2D eigenvalue weighted by Gasteiger charge is -2.34. The molecule has 8 heteroatoms. The van der Waals surface area contributed by atoms with Gasteiger partial charge in [0.05, 0.1) is 0 Å². The summed E-state index contributed by atoms with van der Waals surface area (Å²) in [6, 6.07) is 0. The molecule has 0 spiro atoms. The second kappa shape index (κ2) is 7.83. The number of aldehydes is 1. The van der Waals surface area contributed by atoms with Crippen molar-refractivity contribution in [1.82, 2.24) is 9.80 Å². The molecule has 1 saturated heterocycles. The Morgan fingerprint density at radius 3 is 1.78 bits per heavy atom. The van der Waals surface area contributed by atoms with E-state index in [4.69, 9.17) is 0 Å². The molecule has 0 atom stereocenters. The van der Waals surface area contributed by atoms with Crippen LogP contribution in [0.25, 0.3) is 0 Å². The Kier molecular flexibility index (Phi) is 6.06. The molecule has 23 heavy (non-hydrogen) atoms. The molecule has 0 bridgehead atoms. The van der Waals surface area contributed by atoms with Crippen LogP contribution in [0.15, 0.2) is 0 Å². The Hall–Kier alpha value is -1.54. The molecule has 128 valence electrons. The zero-order valence-electron chi connectivity index (χ0n) is 12.4. The fourth-order valence-electron chi connectivity index (χ4n) is 2.58. The molecule has 0 radical (unpaired) electrons. The SMILES string of the molecule is O=CCCCN1CCN(Cc2c(F)c(F)c(F)c(F)c2F)CC1. The van der Waals surface area contributed by atoms with Crippen LogP contribution in [0.3, 0.4) is 0 Å². The van der Waals surface area contributed by atoms with Crippen LogP contribution in [0, 0.1) is 29.1 Å². The smallest absolute Gasteiger partial charge is 0.200 e. The Morgan fingerprint density at radius 2 is 1.26 bits per heavy atom. The van der Waals surface area contributed by atoms with E-state index in [1.54, 1.807) is 4.90 Å². The summed E-state index contributed by atoms with van der Waals surface area (Å²) in [7, 11) is 0. The number of unbranched alkanes of at least 4 members (excludes halogenated alkanes) is 1. The second-order valence-electron chi connectivity index (χ2n) is 5.48. The molecule has 2 rings (SSSR count). The van der Waals surface area contributed by atoms with Crippen LogP contribution in [0.2, 0.25) is 0 Å². The van der Waals surface area contributed by atoms with E-state index >= 15 is 0 Å². The van der Waals surface area contributed by atoms with Gasteiger partial charge in [-0.2, -0.15) is 0 Å². The highest BCUT2D eigenvalue weighted by molar-refractivity contribution is 5.49. The van der Waals surface area contributed by atoms with E-state index in [1.165, 1.54) is 0 Å². The molecule has 3 nitrogen and oxygen atoms in total. The first-order valence-corrected chi connectivity index (χ1v) is 7.34. The first kappa shape index (κ1) is 17.8. The minimum Gasteiger partial charge on any atom is -0.303 e. The maximum absolute atomic E-state index is 13.6. The number of carbonyl (C=O) groups is 1. The van der Waals surface area contributed by atoms with Gasteiger partial charge in [-0.25, -0.2) is 22.0 Å². The molecule has 1 fully saturated rings. The summed E-state index contributed by atoms with van der Waals surface area (Å²) in [6.45, 7) is 2.58. The Labute approximate surface area is 130 Å². The normalized spacial score (nSPS) is 16.7. The van der Waals surface area contributed by atoms with Crippen LogP contribution < -0.4 is 0 Å². The van der Waals surface area contributed by atoms with Crippen LogP contribution >= 0.6 is 0 Å². The van der Waals surface area contributed by atoms with Crippen molar-refractivity contribution in [1.29, 1.82) is 0 Å². The van der Waals surface area contributed by atoms with Crippen molar-refractivity contribution in [3.8, 4) is 0 Å². The lowest BCUT2D eigenvalue weighted by atomic mass is 10.1. The predicted octanol–water partition coefficient (Wildman–Crippen LogP) is 2.48. The highest BCUT2D eigenvalue weighted by atomic mass is 19.2. The molecule has 1 aromatic carbocycles. The third-order valence-corrected chi connectivity index (χ3v) is 3.94. The topological polar surface area (TPSA) is 23.6 Å². The van der Waals surface area contributed by atoms with E-state index in [9.17, 15) is 26.7 Å². The average Bonchev–Trinajstić information content (AvgIpc) is 2.57. The summed E-state index contributed by atoms with van der Waals surface area (Å²) in [4.78, 5) is 14.0. The zero-order chi connectivity index (χ0) is 17.0. The van der Waals surface area contributed by atoms with E-state index in [-0.39, 0.29) is 6.54 Å². The fourth-order valence-corrected chi connectivity index (χ4v) is 2.58. The molecule has 0 N–H and O–H groups in total. The number of halogens is 5. The second-order valence-corrected chi connectivity index (χ2v) is 5.48. The van der Waals surface area contributed by atoms with Crippen molar-refractivity contribution in [3.05, 3.63) is 34.6 Å². The van der Waals surface area contributed by atoms with Gasteiger partial charge in [-0.15, -0.1) is 0 Å². The molecular formula is C15H17F5N2O. The number of rotatable bonds is 6. The lowest BCUT2D eigenvalue weighted by Crippen LogP contribution is -2.46. The van der Waals surface area contributed by atoms with Crippen molar-refractivity contribution >= 4 is 6.29 Å². The van der Waals surface area contributed by atoms with E-state index in [0.717, 1.165) is 19.3 Å². The predicted molar refractivity (Wildman–Crippen MR) is 73.2 cm³/mol. The monoisotopic (exact) mass is 336 g/mol. The molecule has 0 aromatic heterocycles. The molecule has 1 heterocycles. The minimum absolute atomic E-state index is 0.325. The molecule has 1 aromatic rings. The Bertz CT molecular complexity index is 544. The average molecular weight is 336 g/mol. The van der Waals surface area contributed by atoms with Crippen LogP contribution in [-0.2, 0) is 11.3 Å². The van der Waals surface area contributed by atoms with Gasteiger partial charge in [0.2, 0.25) is 5.82 Å². The summed E-state index contributed by atoms with van der Waals surface area (Å²) >= 11 is 0. The number of benzene rings is 1. The fraction of sp³-hybridized carbons (Fsp3) is 0.533. The highest BCUT2D eigenvalue weighted by Gasteiger charge is 2.27. The lowest BCUT2D eigenvalue weighted by molar-refractivity contribution is -0.108. The molecule has 0 amide bonds. The van der Waals surface area contributed by atoms with Gasteiger partial charge in [-0.05, 0) is 13.0 Å². The van der Waals surface area contributed by atoms with Crippen molar-refractivity contribution in [3.63, 3.8) is 0 Å². The minimum atomic E-state index is -2.14. The van der Waals surface area contributed by atoms with Crippen LogP contribution in [0.5, 0.6) is 0 Å². The van der Waals surface area contributed by atoms with Gasteiger partial charge in [0.25, 0.3) is 0 Å². The van der Waals surface area contributed by atoms with Gasteiger partial charge in [-0.1, -0.05) is 0 Å². The molecule has 0 saturated carbocycles. The zero-order valence-corrected chi connectivity index (χ0v) is 12.4. The maximum atomic E-state index is 13.6. The van der Waals surface area contributed by atoms with Crippen molar-refractivity contribution < 1.29 is 26.7 Å². The van der Waals surface area contributed by atoms with Crippen LogP contribution in [0.1, 0.15) is 18.4 Å². The van der Waals surface area contributed by atoms with Gasteiger partial charge < -0.3 is 9.69 Å². The summed E-state index contributed by atoms with van der Waals surface area (Å²) in [5.74, 6) is -9.49. The Morgan fingerprint density at radius 1 is 0.783 bits per heavy atom. The number of carbonyl (C=O) groups excluding carboxylic acids is 1. The Balaban J connectivity index is 1.98. The summed E-state index contributed by atoms with van der Waals surface area (Å²) in [6.07, 6.45) is 2.06. The molecule has 0 aliphatic carbocycles. The van der Waals surface area contributed by atoms with Gasteiger partial charge in [0.1, 0.15) is 6.29 Å². The van der Waals surface area contributed by atoms with Crippen LogP contribution in [0.4, 0.5) is 22.0 Å². The van der Waals surface area contributed by atoms with E-state index < -0.39 is 34.6 Å². The van der Waals surface area contributed by atoms with E-state index in [0.29, 0.717) is 32.6 Å². The van der Waals surface area contributed by atoms with E-state index in [2.05, 4.69) is 4.90 Å². The quantitative estimate of drug-likeness (QED) is 0.262. The van der Waals surface area contributed by atoms with E-state index in [1.807, 2.05) is 0 Å². The number of hydrogen-bond donors (Lipinski definition) is 0. The maximum Gasteiger partial charge on any atom is 0.200 e. The van der Waals surface area contributed by atoms with Crippen molar-refractivity contribution in [2.24, 2.45) is 0 Å². The van der Waals surface area contributed by atoms with Gasteiger partial charge in [0.15, 0.2) is 23.3 Å². The van der Waals surface area contributed by atoms with Crippen molar-refractivity contribution in [2.75, 3.05) is 32.7 Å². The van der Waals surface area contributed by atoms with Crippen molar-refractivity contribution in [2.45, 2.75) is 19.4 Å². The third-order valence-electron chi connectivity index (χ3n) is 3.94. The number of piperazine rings is 1. The first-order valence-electron chi connectivity index (χ1n) is 7.34. The molecule has 0 unspecified atom stereocenters. The van der Waals surface area contributed by atoms with Gasteiger partial charge in [0, 0.05) is 44.7 Å². The largest absolute Gasteiger partial charge is 0.303 e. The molecular weight excluding hydrogens is 319 g/mol. The first-order chi connectivity index (χ1) is 11.0. The number of hydrogen-bond acceptors (Lipinski definition) is 3. The third kappa shape index (κ3) is 4.06. The number of nitrogens with zero attached hydrogens (tertiary/aromatic N) is 2. The van der Waals surface area contributed by atoms with Gasteiger partial charge >= 0.3 is 0 Å².